The molecular formula is C13H16N2O3. The van der Waals surface area contributed by atoms with E-state index in [-0.39, 0.29) is 10.6 Å². The molecule has 1 aliphatic rings. The van der Waals surface area contributed by atoms with E-state index >= 15 is 0 Å². The number of likely N-dealkylation sites (tertiary alicyclic amines) is 1. The molecule has 0 saturated carbocycles. The predicted molar refractivity (Wildman–Crippen MR) is 69.5 cm³/mol. The molecule has 5 nitrogen and oxygen atoms in total. The van der Waals surface area contributed by atoms with E-state index in [9.17, 15) is 10.1 Å². The van der Waals surface area contributed by atoms with Crippen LogP contribution in [-0.2, 0) is 0 Å². The van der Waals surface area contributed by atoms with Crippen LogP contribution in [0.15, 0.2) is 24.4 Å². The van der Waals surface area contributed by atoms with Gasteiger partial charge in [-0.3, -0.25) is 10.1 Å². The summed E-state index contributed by atoms with van der Waals surface area (Å²) in [6.45, 7) is 2.06. The second-order valence-corrected chi connectivity index (χ2v) is 4.24. The van der Waals surface area contributed by atoms with Crippen LogP contribution in [0.3, 0.4) is 0 Å². The van der Waals surface area contributed by atoms with Crippen LogP contribution in [0.5, 0.6) is 5.75 Å². The van der Waals surface area contributed by atoms with E-state index in [0.29, 0.717) is 11.3 Å². The monoisotopic (exact) mass is 248 g/mol. The van der Waals surface area contributed by atoms with Gasteiger partial charge in [-0.1, -0.05) is 0 Å². The molecule has 0 aliphatic carbocycles. The summed E-state index contributed by atoms with van der Waals surface area (Å²) in [6.07, 6.45) is 6.11. The summed E-state index contributed by atoms with van der Waals surface area (Å²) in [4.78, 5) is 12.8. The van der Waals surface area contributed by atoms with Gasteiger partial charge in [0, 0.05) is 13.1 Å². The van der Waals surface area contributed by atoms with Gasteiger partial charge in [0.05, 0.1) is 23.7 Å². The number of hydrogen-bond acceptors (Lipinski definition) is 4. The Morgan fingerprint density at radius 1 is 1.39 bits per heavy atom. The van der Waals surface area contributed by atoms with Gasteiger partial charge >= 0.3 is 0 Å². The van der Waals surface area contributed by atoms with E-state index in [1.54, 1.807) is 18.2 Å². The first-order chi connectivity index (χ1) is 8.70. The molecule has 1 aliphatic heterocycles. The molecule has 1 heterocycles. The van der Waals surface area contributed by atoms with E-state index < -0.39 is 0 Å². The Morgan fingerprint density at radius 2 is 2.11 bits per heavy atom. The third-order valence-electron chi connectivity index (χ3n) is 3.04. The number of nitrogens with zero attached hydrogens (tertiary/aromatic N) is 2. The molecule has 0 radical (unpaired) electrons. The fourth-order valence-electron chi connectivity index (χ4n) is 2.03. The largest absolute Gasteiger partial charge is 0.497 e. The van der Waals surface area contributed by atoms with Gasteiger partial charge in [-0.25, -0.2) is 0 Å². The quantitative estimate of drug-likeness (QED) is 0.607. The molecule has 0 amide bonds. The smallest absolute Gasteiger partial charge is 0.280 e. The van der Waals surface area contributed by atoms with Crippen molar-refractivity contribution in [2.75, 3.05) is 20.2 Å². The number of methoxy groups -OCH3 is 1. The van der Waals surface area contributed by atoms with Crippen LogP contribution >= 0.6 is 0 Å². The lowest BCUT2D eigenvalue weighted by atomic mass is 10.1. The van der Waals surface area contributed by atoms with Crippen molar-refractivity contribution in [1.29, 1.82) is 0 Å². The normalized spacial score (nSPS) is 15.3. The predicted octanol–water partition coefficient (Wildman–Crippen LogP) is 2.67. The summed E-state index contributed by atoms with van der Waals surface area (Å²) in [5.41, 5.74) is 0.678. The molecule has 0 bridgehead atoms. The summed E-state index contributed by atoms with van der Waals surface area (Å²) in [5.74, 6) is 0.500. The van der Waals surface area contributed by atoms with E-state index in [4.69, 9.17) is 4.74 Å². The van der Waals surface area contributed by atoms with Crippen molar-refractivity contribution >= 4 is 11.8 Å². The molecule has 0 spiro atoms. The Kier molecular flexibility index (Phi) is 3.82. The summed E-state index contributed by atoms with van der Waals surface area (Å²) in [5, 5.41) is 11.0. The maximum atomic E-state index is 11.0. The summed E-state index contributed by atoms with van der Waals surface area (Å²) in [6, 6.07) is 4.89. The van der Waals surface area contributed by atoms with Gasteiger partial charge in [0.25, 0.3) is 5.69 Å². The van der Waals surface area contributed by atoms with Crippen LogP contribution in [-0.4, -0.2) is 30.0 Å². The van der Waals surface area contributed by atoms with Gasteiger partial charge in [-0.05, 0) is 37.3 Å². The Labute approximate surface area is 106 Å². The van der Waals surface area contributed by atoms with Crippen molar-refractivity contribution in [3.8, 4) is 5.75 Å². The molecule has 0 atom stereocenters. The van der Waals surface area contributed by atoms with Crippen molar-refractivity contribution < 1.29 is 9.66 Å². The van der Waals surface area contributed by atoms with Gasteiger partial charge in [-0.15, -0.1) is 0 Å². The van der Waals surface area contributed by atoms with Crippen LogP contribution < -0.4 is 4.74 Å². The third-order valence-corrected chi connectivity index (χ3v) is 3.04. The molecule has 96 valence electrons. The van der Waals surface area contributed by atoms with Crippen molar-refractivity contribution in [3.63, 3.8) is 0 Å². The topological polar surface area (TPSA) is 55.6 Å². The van der Waals surface area contributed by atoms with Crippen molar-refractivity contribution in [3.05, 3.63) is 40.1 Å². The molecule has 0 aromatic heterocycles. The fourth-order valence-corrected chi connectivity index (χ4v) is 2.03. The Hall–Kier alpha value is -2.04. The van der Waals surface area contributed by atoms with Gasteiger partial charge in [0.1, 0.15) is 5.75 Å². The minimum atomic E-state index is -0.383. The SMILES string of the molecule is COc1ccc(C=CN2CCCC2)c([N+](=O)[O-])c1. The van der Waals surface area contributed by atoms with Crippen LogP contribution in [0.4, 0.5) is 5.69 Å². The lowest BCUT2D eigenvalue weighted by molar-refractivity contribution is -0.385. The Bertz CT molecular complexity index is 465. The Balaban J connectivity index is 2.23. The van der Waals surface area contributed by atoms with E-state index in [2.05, 4.69) is 4.90 Å². The van der Waals surface area contributed by atoms with Crippen LogP contribution in [0.1, 0.15) is 18.4 Å². The first-order valence-electron chi connectivity index (χ1n) is 5.95. The number of nitro benzene ring substituents is 1. The summed E-state index contributed by atoms with van der Waals surface area (Å²) < 4.78 is 5.00. The minimum Gasteiger partial charge on any atom is -0.497 e. The molecule has 1 aromatic carbocycles. The number of hydrogen-bond donors (Lipinski definition) is 0. The number of ether oxygens (including phenoxy) is 1. The highest BCUT2D eigenvalue weighted by atomic mass is 16.6. The van der Waals surface area contributed by atoms with Crippen molar-refractivity contribution in [2.24, 2.45) is 0 Å². The number of benzene rings is 1. The molecule has 5 heteroatoms. The van der Waals surface area contributed by atoms with Gasteiger partial charge < -0.3 is 9.64 Å². The van der Waals surface area contributed by atoms with Crippen molar-refractivity contribution in [2.45, 2.75) is 12.8 Å². The average Bonchev–Trinajstić information content (AvgIpc) is 2.89. The van der Waals surface area contributed by atoms with E-state index in [0.717, 1.165) is 13.1 Å². The first-order valence-corrected chi connectivity index (χ1v) is 5.95. The second kappa shape index (κ2) is 5.53. The van der Waals surface area contributed by atoms with E-state index in [1.165, 1.54) is 26.0 Å². The second-order valence-electron chi connectivity index (χ2n) is 4.24. The van der Waals surface area contributed by atoms with Gasteiger partial charge in [0.2, 0.25) is 0 Å². The Morgan fingerprint density at radius 3 is 2.72 bits per heavy atom. The molecular weight excluding hydrogens is 232 g/mol. The zero-order valence-corrected chi connectivity index (χ0v) is 10.3. The lowest BCUT2D eigenvalue weighted by Gasteiger charge is -2.10. The first kappa shape index (κ1) is 12.4. The molecule has 2 rings (SSSR count). The zero-order chi connectivity index (χ0) is 13.0. The van der Waals surface area contributed by atoms with Crippen LogP contribution in [0.25, 0.3) is 6.08 Å². The molecule has 1 fully saturated rings. The number of rotatable bonds is 4. The van der Waals surface area contributed by atoms with Gasteiger partial charge in [0.15, 0.2) is 0 Å². The lowest BCUT2D eigenvalue weighted by Crippen LogP contribution is -2.10. The van der Waals surface area contributed by atoms with Gasteiger partial charge in [-0.2, -0.15) is 0 Å². The minimum absolute atomic E-state index is 0.0739. The molecule has 1 saturated heterocycles. The molecule has 18 heavy (non-hydrogen) atoms. The highest BCUT2D eigenvalue weighted by Gasteiger charge is 2.13. The number of nitro groups is 1. The summed E-state index contributed by atoms with van der Waals surface area (Å²) >= 11 is 0. The maximum absolute atomic E-state index is 11.0. The van der Waals surface area contributed by atoms with E-state index in [1.807, 2.05) is 6.20 Å². The average molecular weight is 248 g/mol. The third kappa shape index (κ3) is 2.80. The van der Waals surface area contributed by atoms with Crippen LogP contribution in [0, 0.1) is 10.1 Å². The van der Waals surface area contributed by atoms with Crippen LogP contribution in [0.2, 0.25) is 0 Å². The highest BCUT2D eigenvalue weighted by molar-refractivity contribution is 5.62. The molecule has 0 unspecified atom stereocenters. The summed E-state index contributed by atoms with van der Waals surface area (Å²) in [7, 11) is 1.50. The fraction of sp³-hybridized carbons (Fsp3) is 0.385. The molecule has 0 N–H and O–H groups in total. The standard InChI is InChI=1S/C13H16N2O3/c1-18-12-5-4-11(13(10-12)15(16)17)6-9-14-7-2-3-8-14/h4-6,9-10H,2-3,7-8H2,1H3. The molecule has 1 aromatic rings. The maximum Gasteiger partial charge on any atom is 0.280 e. The highest BCUT2D eigenvalue weighted by Crippen LogP contribution is 2.26. The zero-order valence-electron chi connectivity index (χ0n) is 10.3. The van der Waals surface area contributed by atoms with Crippen molar-refractivity contribution in [1.82, 2.24) is 4.90 Å².